The van der Waals surface area contributed by atoms with E-state index in [0.29, 0.717) is 23.2 Å². The van der Waals surface area contributed by atoms with Gasteiger partial charge in [0.1, 0.15) is 5.75 Å². The molecule has 0 spiro atoms. The van der Waals surface area contributed by atoms with E-state index in [-0.39, 0.29) is 17.5 Å². The zero-order chi connectivity index (χ0) is 22.8. The second-order valence-corrected chi connectivity index (χ2v) is 9.77. The van der Waals surface area contributed by atoms with Crippen LogP contribution in [0.4, 0.5) is 10.3 Å². The summed E-state index contributed by atoms with van der Waals surface area (Å²) >= 11 is 0. The Hall–Kier alpha value is -3.00. The van der Waals surface area contributed by atoms with Crippen LogP contribution in [0.25, 0.3) is 11.1 Å². The highest BCUT2D eigenvalue weighted by molar-refractivity contribution is 7.85. The minimum absolute atomic E-state index is 0.178. The molecule has 2 aliphatic rings. The first-order valence-electron chi connectivity index (χ1n) is 11.2. The van der Waals surface area contributed by atoms with E-state index >= 15 is 0 Å². The van der Waals surface area contributed by atoms with E-state index in [1.807, 2.05) is 30.6 Å². The summed E-state index contributed by atoms with van der Waals surface area (Å²) < 4.78 is 37.9. The summed E-state index contributed by atoms with van der Waals surface area (Å²) in [6.45, 7) is 4.31. The Morgan fingerprint density at radius 2 is 1.85 bits per heavy atom. The number of aromatic nitrogens is 2. The van der Waals surface area contributed by atoms with E-state index in [1.165, 1.54) is 6.07 Å². The lowest BCUT2D eigenvalue weighted by atomic mass is 9.98. The first kappa shape index (κ1) is 21.8. The van der Waals surface area contributed by atoms with Gasteiger partial charge in [-0.15, -0.1) is 0 Å². The summed E-state index contributed by atoms with van der Waals surface area (Å²) in [6, 6.07) is 10.4. The number of benzene rings is 2. The number of fused-ring (bicyclic) bond motifs is 1. The standard InChI is InChI=1S/C25H26FN3O3S/c1-2-17-13-27-25(28-14-17)29-9-7-18(8-10-29)15-31-22-5-3-19(11-21(22)26)20-4-6-24-23(12-20)32-16-33(24)30/h3-6,11-14,18H,2,7-10,15-16H2,1H3/t33-/m0/s1. The number of rotatable bonds is 6. The van der Waals surface area contributed by atoms with Crippen molar-refractivity contribution >= 4 is 16.7 Å². The highest BCUT2D eigenvalue weighted by atomic mass is 32.2. The Bertz CT molecular complexity index is 1160. The number of piperidine rings is 1. The van der Waals surface area contributed by atoms with Crippen molar-refractivity contribution in [3.05, 3.63) is 60.2 Å². The predicted molar refractivity (Wildman–Crippen MR) is 126 cm³/mol. The topological polar surface area (TPSA) is 64.6 Å². The van der Waals surface area contributed by atoms with Gasteiger partial charge in [-0.1, -0.05) is 19.1 Å². The van der Waals surface area contributed by atoms with Gasteiger partial charge >= 0.3 is 0 Å². The van der Waals surface area contributed by atoms with Crippen LogP contribution in [-0.2, 0) is 17.2 Å². The highest BCUT2D eigenvalue weighted by Crippen LogP contribution is 2.34. The highest BCUT2D eigenvalue weighted by Gasteiger charge is 2.23. The summed E-state index contributed by atoms with van der Waals surface area (Å²) in [6.07, 6.45) is 6.62. The number of halogens is 1. The van der Waals surface area contributed by atoms with E-state index in [2.05, 4.69) is 21.8 Å². The normalized spacial score (nSPS) is 18.1. The van der Waals surface area contributed by atoms with Gasteiger partial charge in [-0.25, -0.2) is 14.4 Å². The van der Waals surface area contributed by atoms with Crippen LogP contribution < -0.4 is 14.4 Å². The molecule has 1 saturated heterocycles. The summed E-state index contributed by atoms with van der Waals surface area (Å²) in [5.41, 5.74) is 2.68. The minimum Gasteiger partial charge on any atom is -0.490 e. The maximum absolute atomic E-state index is 14.7. The summed E-state index contributed by atoms with van der Waals surface area (Å²) in [5, 5.41) is 0. The van der Waals surface area contributed by atoms with E-state index in [0.717, 1.165) is 55.0 Å². The fourth-order valence-electron chi connectivity index (χ4n) is 4.17. The Balaban J connectivity index is 1.17. The van der Waals surface area contributed by atoms with E-state index in [9.17, 15) is 8.60 Å². The van der Waals surface area contributed by atoms with Crippen molar-refractivity contribution in [2.75, 3.05) is 30.5 Å². The molecule has 172 valence electrons. The minimum atomic E-state index is -1.12. The van der Waals surface area contributed by atoms with Crippen molar-refractivity contribution in [2.24, 2.45) is 5.92 Å². The summed E-state index contributed by atoms with van der Waals surface area (Å²) in [4.78, 5) is 11.8. The Kier molecular flexibility index (Phi) is 6.26. The van der Waals surface area contributed by atoms with Crippen LogP contribution in [0.2, 0.25) is 0 Å². The van der Waals surface area contributed by atoms with Crippen LogP contribution in [0.15, 0.2) is 53.7 Å². The van der Waals surface area contributed by atoms with E-state index in [4.69, 9.17) is 9.47 Å². The summed E-state index contributed by atoms with van der Waals surface area (Å²) in [7, 11) is -1.12. The molecule has 8 heteroatoms. The van der Waals surface area contributed by atoms with Crippen molar-refractivity contribution < 1.29 is 18.1 Å². The molecule has 33 heavy (non-hydrogen) atoms. The zero-order valence-corrected chi connectivity index (χ0v) is 19.3. The molecule has 0 bridgehead atoms. The van der Waals surface area contributed by atoms with Crippen molar-refractivity contribution in [3.63, 3.8) is 0 Å². The smallest absolute Gasteiger partial charge is 0.225 e. The molecule has 0 unspecified atom stereocenters. The molecule has 0 radical (unpaired) electrons. The molecule has 5 rings (SSSR count). The second-order valence-electron chi connectivity index (χ2n) is 8.40. The molecule has 2 aromatic carbocycles. The van der Waals surface area contributed by atoms with Gasteiger partial charge in [-0.2, -0.15) is 0 Å². The lowest BCUT2D eigenvalue weighted by Gasteiger charge is -2.31. The molecule has 3 aromatic rings. The average molecular weight is 468 g/mol. The van der Waals surface area contributed by atoms with Gasteiger partial charge in [-0.05, 0) is 66.1 Å². The summed E-state index contributed by atoms with van der Waals surface area (Å²) in [5.74, 6) is 1.79. The molecular weight excluding hydrogens is 441 g/mol. The van der Waals surface area contributed by atoms with Crippen molar-refractivity contribution in [1.82, 2.24) is 9.97 Å². The van der Waals surface area contributed by atoms with Gasteiger partial charge in [0, 0.05) is 25.5 Å². The van der Waals surface area contributed by atoms with Gasteiger partial charge in [0.25, 0.3) is 0 Å². The Morgan fingerprint density at radius 1 is 1.12 bits per heavy atom. The molecule has 1 aromatic heterocycles. The lowest BCUT2D eigenvalue weighted by Crippen LogP contribution is -2.36. The number of aryl methyl sites for hydroxylation is 1. The number of ether oxygens (including phenoxy) is 2. The second kappa shape index (κ2) is 9.47. The molecule has 0 amide bonds. The largest absolute Gasteiger partial charge is 0.490 e. The Morgan fingerprint density at radius 3 is 2.58 bits per heavy atom. The van der Waals surface area contributed by atoms with Gasteiger partial charge in [0.15, 0.2) is 17.5 Å². The fourth-order valence-corrected chi connectivity index (χ4v) is 5.09. The van der Waals surface area contributed by atoms with Gasteiger partial charge < -0.3 is 14.4 Å². The van der Waals surface area contributed by atoms with Crippen molar-refractivity contribution in [1.29, 1.82) is 0 Å². The maximum Gasteiger partial charge on any atom is 0.225 e. The van der Waals surface area contributed by atoms with Crippen LogP contribution in [-0.4, -0.2) is 39.8 Å². The molecule has 1 fully saturated rings. The van der Waals surface area contributed by atoms with Crippen LogP contribution in [0.3, 0.4) is 0 Å². The third-order valence-corrected chi connectivity index (χ3v) is 7.41. The number of hydrogen-bond acceptors (Lipinski definition) is 6. The van der Waals surface area contributed by atoms with Gasteiger partial charge in [0.05, 0.1) is 22.3 Å². The van der Waals surface area contributed by atoms with Crippen molar-refractivity contribution in [3.8, 4) is 22.6 Å². The first-order chi connectivity index (χ1) is 16.1. The van der Waals surface area contributed by atoms with Crippen LogP contribution in [0, 0.1) is 11.7 Å². The molecule has 0 saturated carbocycles. The number of nitrogens with zero attached hydrogens (tertiary/aromatic N) is 3. The molecule has 0 aliphatic carbocycles. The van der Waals surface area contributed by atoms with Crippen molar-refractivity contribution in [2.45, 2.75) is 31.1 Å². The zero-order valence-electron chi connectivity index (χ0n) is 18.5. The third kappa shape index (κ3) is 4.71. The maximum atomic E-state index is 14.7. The van der Waals surface area contributed by atoms with E-state index < -0.39 is 10.8 Å². The van der Waals surface area contributed by atoms with Gasteiger partial charge in [-0.3, -0.25) is 4.21 Å². The molecule has 6 nitrogen and oxygen atoms in total. The quantitative estimate of drug-likeness (QED) is 0.528. The first-order valence-corrected chi connectivity index (χ1v) is 12.6. The van der Waals surface area contributed by atoms with Crippen LogP contribution in [0.1, 0.15) is 25.3 Å². The van der Waals surface area contributed by atoms with Crippen LogP contribution >= 0.6 is 0 Å². The Labute approximate surface area is 195 Å². The molecule has 3 heterocycles. The number of anilines is 1. The predicted octanol–water partition coefficient (Wildman–Crippen LogP) is 4.60. The third-order valence-electron chi connectivity index (χ3n) is 6.25. The molecule has 2 aliphatic heterocycles. The number of hydrogen-bond donors (Lipinski definition) is 0. The molecule has 0 N–H and O–H groups in total. The SMILES string of the molecule is CCc1cnc(N2CCC(COc3ccc(-c4ccc5c(c4)OC[S@@]5=O)cc3F)CC2)nc1. The molecule has 1 atom stereocenters. The fraction of sp³-hybridized carbons (Fsp3) is 0.360. The average Bonchev–Trinajstić information content (AvgIpc) is 3.23. The van der Waals surface area contributed by atoms with Gasteiger partial charge in [0.2, 0.25) is 5.95 Å². The molecular formula is C25H26FN3O3S. The van der Waals surface area contributed by atoms with E-state index in [1.54, 1.807) is 12.1 Å². The lowest BCUT2D eigenvalue weighted by molar-refractivity contribution is 0.215. The van der Waals surface area contributed by atoms with Crippen LogP contribution in [0.5, 0.6) is 11.5 Å². The monoisotopic (exact) mass is 467 g/mol.